The van der Waals surface area contributed by atoms with Crippen LogP contribution in [0, 0.1) is 11.8 Å². The van der Waals surface area contributed by atoms with Crippen LogP contribution in [0.3, 0.4) is 0 Å². The molecule has 2 saturated heterocycles. The number of aliphatic hydroxyl groups excluding tert-OH is 1. The lowest BCUT2D eigenvalue weighted by Crippen LogP contribution is -2.58. The van der Waals surface area contributed by atoms with Gasteiger partial charge in [0.05, 0.1) is 18.6 Å². The SMILES string of the molecule is CC[C@@]12C=CCOC(=O)[C@@H]1[C@H]1C(=O)N([C@H](CO)c3ccccc3)C3C(=O)N(C(C)C)CC=C[C@@]31O2. The molecular formula is C27H32N2O6. The number of carbonyl (C=O) groups is 3. The predicted molar refractivity (Wildman–Crippen MR) is 127 cm³/mol. The summed E-state index contributed by atoms with van der Waals surface area (Å²) in [6, 6.07) is 7.25. The first-order valence-corrected chi connectivity index (χ1v) is 12.3. The standard InChI is InChI=1S/C27H32N2O6/c1-4-26-12-9-15-34-25(33)21(26)20-23(31)29(19(16-30)18-10-6-5-7-11-18)22-24(32)28(17(2)3)14-8-13-27(20,22)35-26/h5-13,17,19-22,30H,4,14-16H2,1-3H3/t19-,20+,21+,22?,26-,27+/m1/s1. The van der Waals surface area contributed by atoms with Crippen molar-refractivity contribution >= 4 is 17.8 Å². The average Bonchev–Trinajstić information content (AvgIpc) is 3.12. The van der Waals surface area contributed by atoms with E-state index in [1.54, 1.807) is 11.0 Å². The Labute approximate surface area is 205 Å². The van der Waals surface area contributed by atoms with Crippen LogP contribution in [-0.4, -0.2) is 75.7 Å². The quantitative estimate of drug-likeness (QED) is 0.512. The van der Waals surface area contributed by atoms with Crippen LogP contribution in [0.15, 0.2) is 54.6 Å². The van der Waals surface area contributed by atoms with Gasteiger partial charge in [0.2, 0.25) is 11.8 Å². The molecule has 4 aliphatic rings. The minimum Gasteiger partial charge on any atom is -0.461 e. The number of nitrogens with zero attached hydrogens (tertiary/aromatic N) is 2. The fourth-order valence-corrected chi connectivity index (χ4v) is 6.38. The molecule has 35 heavy (non-hydrogen) atoms. The van der Waals surface area contributed by atoms with E-state index in [2.05, 4.69) is 0 Å². The van der Waals surface area contributed by atoms with Gasteiger partial charge in [-0.05, 0) is 31.9 Å². The van der Waals surface area contributed by atoms with Gasteiger partial charge < -0.3 is 24.4 Å². The molecule has 1 spiro atoms. The van der Waals surface area contributed by atoms with Crippen molar-refractivity contribution in [1.29, 1.82) is 0 Å². The summed E-state index contributed by atoms with van der Waals surface area (Å²) in [5, 5.41) is 10.5. The average molecular weight is 481 g/mol. The fraction of sp³-hybridized carbons (Fsp3) is 0.519. The molecule has 2 amide bonds. The van der Waals surface area contributed by atoms with Crippen LogP contribution in [0.2, 0.25) is 0 Å². The number of amides is 2. The third kappa shape index (κ3) is 3.30. The van der Waals surface area contributed by atoms with E-state index in [9.17, 15) is 19.5 Å². The van der Waals surface area contributed by atoms with Gasteiger partial charge in [-0.15, -0.1) is 0 Å². The summed E-state index contributed by atoms with van der Waals surface area (Å²) in [5.74, 6) is -2.99. The van der Waals surface area contributed by atoms with Gasteiger partial charge in [0.25, 0.3) is 0 Å². The van der Waals surface area contributed by atoms with Crippen molar-refractivity contribution in [2.45, 2.75) is 56.5 Å². The molecule has 2 fully saturated rings. The lowest BCUT2D eigenvalue weighted by Gasteiger charge is -2.41. The van der Waals surface area contributed by atoms with Gasteiger partial charge in [-0.3, -0.25) is 14.4 Å². The fourth-order valence-electron chi connectivity index (χ4n) is 6.38. The summed E-state index contributed by atoms with van der Waals surface area (Å²) < 4.78 is 12.3. The van der Waals surface area contributed by atoms with Crippen LogP contribution in [0.4, 0.5) is 0 Å². The van der Waals surface area contributed by atoms with Crippen molar-refractivity contribution in [1.82, 2.24) is 9.80 Å². The maximum absolute atomic E-state index is 14.3. The number of benzene rings is 1. The molecule has 1 N–H and O–H groups in total. The van der Waals surface area contributed by atoms with Gasteiger partial charge in [-0.1, -0.05) is 55.5 Å². The van der Waals surface area contributed by atoms with Crippen molar-refractivity contribution in [3.63, 3.8) is 0 Å². The Bertz CT molecular complexity index is 1080. The van der Waals surface area contributed by atoms with Gasteiger partial charge in [-0.25, -0.2) is 0 Å². The zero-order chi connectivity index (χ0) is 25.0. The summed E-state index contributed by atoms with van der Waals surface area (Å²) >= 11 is 0. The molecule has 0 aliphatic carbocycles. The molecule has 0 aromatic heterocycles. The largest absolute Gasteiger partial charge is 0.461 e. The van der Waals surface area contributed by atoms with Gasteiger partial charge in [-0.2, -0.15) is 0 Å². The Hall–Kier alpha value is -2.97. The van der Waals surface area contributed by atoms with Crippen molar-refractivity contribution in [3.05, 3.63) is 60.2 Å². The summed E-state index contributed by atoms with van der Waals surface area (Å²) in [6.45, 7) is 5.87. The first-order chi connectivity index (χ1) is 16.8. The Morgan fingerprint density at radius 3 is 2.46 bits per heavy atom. The molecule has 6 atom stereocenters. The molecule has 1 aromatic rings. The van der Waals surface area contributed by atoms with E-state index in [4.69, 9.17) is 9.47 Å². The summed E-state index contributed by atoms with van der Waals surface area (Å²) in [5.41, 5.74) is -1.71. The number of likely N-dealkylation sites (tertiary alicyclic amines) is 1. The molecule has 5 rings (SSSR count). The van der Waals surface area contributed by atoms with Crippen LogP contribution in [0.5, 0.6) is 0 Å². The van der Waals surface area contributed by atoms with Crippen LogP contribution in [0.1, 0.15) is 38.8 Å². The lowest BCUT2D eigenvalue weighted by molar-refractivity contribution is -0.161. The van der Waals surface area contributed by atoms with Crippen LogP contribution < -0.4 is 0 Å². The van der Waals surface area contributed by atoms with Crippen LogP contribution in [-0.2, 0) is 23.9 Å². The Morgan fingerprint density at radius 1 is 1.06 bits per heavy atom. The van der Waals surface area contributed by atoms with Crippen molar-refractivity contribution < 1.29 is 29.0 Å². The zero-order valence-electron chi connectivity index (χ0n) is 20.3. The smallest absolute Gasteiger partial charge is 0.313 e. The van der Waals surface area contributed by atoms with Crippen molar-refractivity contribution in [2.24, 2.45) is 11.8 Å². The topological polar surface area (TPSA) is 96.4 Å². The number of hydrogen-bond donors (Lipinski definition) is 1. The van der Waals surface area contributed by atoms with E-state index in [-0.39, 0.29) is 31.1 Å². The van der Waals surface area contributed by atoms with Gasteiger partial charge in [0.15, 0.2) is 0 Å². The monoisotopic (exact) mass is 480 g/mol. The molecule has 4 heterocycles. The third-order valence-corrected chi connectivity index (χ3v) is 7.98. The maximum atomic E-state index is 14.3. The zero-order valence-corrected chi connectivity index (χ0v) is 20.3. The number of carbonyl (C=O) groups excluding carboxylic acids is 3. The first-order valence-electron chi connectivity index (χ1n) is 12.3. The Morgan fingerprint density at radius 2 is 1.80 bits per heavy atom. The number of esters is 1. The van der Waals surface area contributed by atoms with E-state index in [1.165, 1.54) is 4.90 Å². The number of rotatable bonds is 5. The highest BCUT2D eigenvalue weighted by molar-refractivity contribution is 5.99. The highest BCUT2D eigenvalue weighted by Crippen LogP contribution is 2.59. The molecular weight excluding hydrogens is 448 g/mol. The van der Waals surface area contributed by atoms with Gasteiger partial charge in [0, 0.05) is 12.6 Å². The van der Waals surface area contributed by atoms with E-state index in [0.717, 1.165) is 0 Å². The van der Waals surface area contributed by atoms with E-state index in [0.29, 0.717) is 18.5 Å². The number of aliphatic hydroxyl groups is 1. The number of ether oxygens (including phenoxy) is 2. The molecule has 186 valence electrons. The Kier molecular flexibility index (Phi) is 5.84. The second kappa shape index (κ2) is 8.60. The van der Waals surface area contributed by atoms with Crippen molar-refractivity contribution in [3.8, 4) is 0 Å². The van der Waals surface area contributed by atoms with E-state index >= 15 is 0 Å². The van der Waals surface area contributed by atoms with Gasteiger partial charge in [0.1, 0.15) is 29.8 Å². The maximum Gasteiger partial charge on any atom is 0.313 e. The minimum atomic E-state index is -1.36. The van der Waals surface area contributed by atoms with E-state index in [1.807, 2.05) is 69.3 Å². The molecule has 0 radical (unpaired) electrons. The van der Waals surface area contributed by atoms with Crippen LogP contribution >= 0.6 is 0 Å². The number of hydrogen-bond acceptors (Lipinski definition) is 6. The summed E-state index contributed by atoms with van der Waals surface area (Å²) in [7, 11) is 0. The Balaban J connectivity index is 1.73. The number of cyclic esters (lactones) is 1. The van der Waals surface area contributed by atoms with Gasteiger partial charge >= 0.3 is 5.97 Å². The number of fused-ring (bicyclic) bond motifs is 2. The molecule has 8 heteroatoms. The summed E-state index contributed by atoms with van der Waals surface area (Å²) in [4.78, 5) is 45.0. The first kappa shape index (κ1) is 23.8. The van der Waals surface area contributed by atoms with Crippen molar-refractivity contribution in [2.75, 3.05) is 19.8 Å². The summed E-state index contributed by atoms with van der Waals surface area (Å²) in [6.07, 6.45) is 7.70. The second-order valence-corrected chi connectivity index (χ2v) is 10.00. The third-order valence-electron chi connectivity index (χ3n) is 7.98. The van der Waals surface area contributed by atoms with E-state index < -0.39 is 41.1 Å². The molecule has 1 aromatic carbocycles. The van der Waals surface area contributed by atoms with Crippen LogP contribution in [0.25, 0.3) is 0 Å². The second-order valence-electron chi connectivity index (χ2n) is 10.00. The molecule has 8 nitrogen and oxygen atoms in total. The molecule has 0 saturated carbocycles. The predicted octanol–water partition coefficient (Wildman–Crippen LogP) is 2.00. The lowest BCUT2D eigenvalue weighted by atomic mass is 9.73. The normalized spacial score (nSPS) is 34.9. The molecule has 4 aliphatic heterocycles. The highest BCUT2D eigenvalue weighted by atomic mass is 16.6. The molecule has 1 unspecified atom stereocenters. The highest BCUT2D eigenvalue weighted by Gasteiger charge is 2.76. The minimum absolute atomic E-state index is 0.112. The molecule has 0 bridgehead atoms.